The van der Waals surface area contributed by atoms with Crippen LogP contribution in [0.25, 0.3) is 0 Å². The van der Waals surface area contributed by atoms with Crippen LogP contribution in [0.1, 0.15) is 31.2 Å². The molecule has 3 rings (SSSR count). The van der Waals surface area contributed by atoms with Crippen molar-refractivity contribution in [1.29, 1.82) is 0 Å². The molecule has 1 aromatic carbocycles. The lowest BCUT2D eigenvalue weighted by Crippen LogP contribution is -2.08. The monoisotopic (exact) mass is 310 g/mol. The van der Waals surface area contributed by atoms with Crippen LogP contribution in [-0.4, -0.2) is 5.78 Å². The molecule has 0 aliphatic heterocycles. The van der Waals surface area contributed by atoms with Crippen LogP contribution >= 0.6 is 15.9 Å². The first kappa shape index (κ1) is 12.3. The average molecular weight is 311 g/mol. The van der Waals surface area contributed by atoms with Crippen molar-refractivity contribution >= 4 is 21.7 Å². The molecular formula is C15H16BrFO. The summed E-state index contributed by atoms with van der Waals surface area (Å²) in [6, 6.07) is 4.94. The second kappa shape index (κ2) is 4.76. The molecule has 1 nitrogen and oxygen atoms in total. The Morgan fingerprint density at radius 1 is 1.28 bits per heavy atom. The summed E-state index contributed by atoms with van der Waals surface area (Å²) in [5.74, 6) is 1.43. The number of carbonyl (C=O) groups is 1. The van der Waals surface area contributed by atoms with Crippen LogP contribution in [-0.2, 0) is 11.2 Å². The van der Waals surface area contributed by atoms with Gasteiger partial charge in [-0.25, -0.2) is 4.39 Å². The fourth-order valence-corrected chi connectivity index (χ4v) is 3.77. The van der Waals surface area contributed by atoms with E-state index in [1.165, 1.54) is 31.7 Å². The maximum Gasteiger partial charge on any atom is 0.141 e. The van der Waals surface area contributed by atoms with E-state index in [9.17, 15) is 9.18 Å². The number of ketones is 1. The van der Waals surface area contributed by atoms with Gasteiger partial charge in [0.25, 0.3) is 0 Å². The van der Waals surface area contributed by atoms with Crippen LogP contribution < -0.4 is 0 Å². The fourth-order valence-electron chi connectivity index (χ4n) is 3.44. The van der Waals surface area contributed by atoms with Crippen molar-refractivity contribution in [2.45, 2.75) is 32.1 Å². The number of hydrogen-bond donors (Lipinski definition) is 0. The van der Waals surface area contributed by atoms with Gasteiger partial charge in [-0.15, -0.1) is 0 Å². The van der Waals surface area contributed by atoms with Crippen molar-refractivity contribution in [2.24, 2.45) is 17.8 Å². The van der Waals surface area contributed by atoms with E-state index < -0.39 is 0 Å². The average Bonchev–Trinajstić information content (AvgIpc) is 3.07. The standard InChI is InChI=1S/C15H16BrFO/c16-10-6-5-9(13(17)8-10)7-14(18)15-11-3-1-2-4-12(11)15/h5-6,8,11-12,15H,1-4,7H2. The number of halogens is 2. The smallest absolute Gasteiger partial charge is 0.141 e. The van der Waals surface area contributed by atoms with E-state index in [4.69, 9.17) is 0 Å². The van der Waals surface area contributed by atoms with Crippen molar-refractivity contribution < 1.29 is 9.18 Å². The van der Waals surface area contributed by atoms with Crippen molar-refractivity contribution in [3.63, 3.8) is 0 Å². The normalized spacial score (nSPS) is 29.8. The highest BCUT2D eigenvalue weighted by Crippen LogP contribution is 2.56. The topological polar surface area (TPSA) is 17.1 Å². The van der Waals surface area contributed by atoms with E-state index in [0.717, 1.165) is 4.47 Å². The maximum atomic E-state index is 13.7. The first-order valence-corrected chi connectivity index (χ1v) is 7.43. The van der Waals surface area contributed by atoms with E-state index >= 15 is 0 Å². The van der Waals surface area contributed by atoms with Crippen molar-refractivity contribution in [1.82, 2.24) is 0 Å². The van der Waals surface area contributed by atoms with Gasteiger partial charge < -0.3 is 0 Å². The van der Waals surface area contributed by atoms with Gasteiger partial charge in [-0.1, -0.05) is 34.8 Å². The predicted octanol–water partition coefficient (Wildman–Crippen LogP) is 4.14. The second-order valence-electron chi connectivity index (χ2n) is 5.52. The molecule has 0 aromatic heterocycles. The third-order valence-electron chi connectivity index (χ3n) is 4.41. The summed E-state index contributed by atoms with van der Waals surface area (Å²) in [5.41, 5.74) is 0.534. The Labute approximate surface area is 115 Å². The molecule has 2 aliphatic rings. The molecule has 2 saturated carbocycles. The van der Waals surface area contributed by atoms with Crippen LogP contribution in [0.3, 0.4) is 0 Å². The van der Waals surface area contributed by atoms with Crippen molar-refractivity contribution in [3.8, 4) is 0 Å². The summed E-state index contributed by atoms with van der Waals surface area (Å²) in [5, 5.41) is 0. The molecule has 1 aromatic rings. The Balaban J connectivity index is 1.68. The first-order chi connectivity index (χ1) is 8.66. The minimum atomic E-state index is -0.277. The fraction of sp³-hybridized carbons (Fsp3) is 0.533. The summed E-state index contributed by atoms with van der Waals surface area (Å²) in [6.45, 7) is 0. The van der Waals surface area contributed by atoms with Crippen molar-refractivity contribution in [3.05, 3.63) is 34.1 Å². The van der Waals surface area contributed by atoms with Gasteiger partial charge in [-0.3, -0.25) is 4.79 Å². The molecule has 3 heteroatoms. The maximum absolute atomic E-state index is 13.7. The Hall–Kier alpha value is -0.700. The molecule has 2 atom stereocenters. The van der Waals surface area contributed by atoms with Gasteiger partial charge in [-0.05, 0) is 42.4 Å². The summed E-state index contributed by atoms with van der Waals surface area (Å²) in [6.07, 6.45) is 5.18. The van der Waals surface area contributed by atoms with Gasteiger partial charge in [0.2, 0.25) is 0 Å². The molecule has 0 bridgehead atoms. The van der Waals surface area contributed by atoms with Crippen LogP contribution in [0.15, 0.2) is 22.7 Å². The Morgan fingerprint density at radius 3 is 2.56 bits per heavy atom. The largest absolute Gasteiger partial charge is 0.299 e. The zero-order chi connectivity index (χ0) is 12.7. The summed E-state index contributed by atoms with van der Waals surface area (Å²) >= 11 is 3.23. The van der Waals surface area contributed by atoms with Gasteiger partial charge in [0.05, 0.1) is 0 Å². The van der Waals surface area contributed by atoms with Gasteiger partial charge in [0.1, 0.15) is 11.6 Å². The number of fused-ring (bicyclic) bond motifs is 1. The minimum Gasteiger partial charge on any atom is -0.299 e. The molecule has 0 radical (unpaired) electrons. The highest BCUT2D eigenvalue weighted by molar-refractivity contribution is 9.10. The zero-order valence-corrected chi connectivity index (χ0v) is 11.7. The molecule has 0 N–H and O–H groups in total. The molecule has 2 fully saturated rings. The van der Waals surface area contributed by atoms with Crippen LogP contribution in [0.2, 0.25) is 0 Å². The lowest BCUT2D eigenvalue weighted by Gasteiger charge is -2.04. The number of Topliss-reactive ketones (excluding diaryl/α,β-unsaturated/α-hetero) is 1. The third kappa shape index (κ3) is 2.25. The predicted molar refractivity (Wildman–Crippen MR) is 71.7 cm³/mol. The summed E-state index contributed by atoms with van der Waals surface area (Å²) in [4.78, 5) is 12.2. The van der Waals surface area contributed by atoms with Gasteiger partial charge in [0.15, 0.2) is 0 Å². The second-order valence-corrected chi connectivity index (χ2v) is 6.43. The minimum absolute atomic E-state index is 0.232. The van der Waals surface area contributed by atoms with Crippen molar-refractivity contribution in [2.75, 3.05) is 0 Å². The van der Waals surface area contributed by atoms with Gasteiger partial charge >= 0.3 is 0 Å². The molecule has 2 unspecified atom stereocenters. The number of rotatable bonds is 3. The van der Waals surface area contributed by atoms with E-state index in [1.54, 1.807) is 12.1 Å². The number of benzene rings is 1. The Bertz CT molecular complexity index is 473. The van der Waals surface area contributed by atoms with Gasteiger partial charge in [0, 0.05) is 16.8 Å². The molecular weight excluding hydrogens is 295 g/mol. The first-order valence-electron chi connectivity index (χ1n) is 6.63. The van der Waals surface area contributed by atoms with Gasteiger partial charge in [-0.2, -0.15) is 0 Å². The molecule has 0 amide bonds. The van der Waals surface area contributed by atoms with E-state index in [2.05, 4.69) is 15.9 Å². The molecule has 0 saturated heterocycles. The molecule has 0 spiro atoms. The quantitative estimate of drug-likeness (QED) is 0.820. The molecule has 96 valence electrons. The highest BCUT2D eigenvalue weighted by Gasteiger charge is 2.53. The third-order valence-corrected chi connectivity index (χ3v) is 4.90. The van der Waals surface area contributed by atoms with Crippen LogP contribution in [0.5, 0.6) is 0 Å². The Kier molecular flexibility index (Phi) is 3.27. The van der Waals surface area contributed by atoms with E-state index in [1.807, 2.05) is 0 Å². The number of carbonyl (C=O) groups excluding carboxylic acids is 1. The summed E-state index contributed by atoms with van der Waals surface area (Å²) in [7, 11) is 0. The Morgan fingerprint density at radius 2 is 1.94 bits per heavy atom. The molecule has 0 heterocycles. The van der Waals surface area contributed by atoms with E-state index in [-0.39, 0.29) is 23.9 Å². The molecule has 18 heavy (non-hydrogen) atoms. The SMILES string of the molecule is O=C(Cc1ccc(Br)cc1F)C1C2CCCCC21. The lowest BCUT2D eigenvalue weighted by atomic mass is 10.0. The number of hydrogen-bond acceptors (Lipinski definition) is 1. The van der Waals surface area contributed by atoms with Crippen LogP contribution in [0.4, 0.5) is 4.39 Å². The zero-order valence-electron chi connectivity index (χ0n) is 10.2. The highest BCUT2D eigenvalue weighted by atomic mass is 79.9. The lowest BCUT2D eigenvalue weighted by molar-refractivity contribution is -0.120. The molecule has 2 aliphatic carbocycles. The van der Waals surface area contributed by atoms with E-state index in [0.29, 0.717) is 17.4 Å². The van der Waals surface area contributed by atoms with Crippen LogP contribution in [0, 0.1) is 23.6 Å². The summed E-state index contributed by atoms with van der Waals surface area (Å²) < 4.78 is 14.4.